The predicted octanol–water partition coefficient (Wildman–Crippen LogP) is 6.38. The molecule has 33 heavy (non-hydrogen) atoms. The van der Waals surface area contributed by atoms with Crippen LogP contribution in [-0.2, 0) is 9.59 Å². The van der Waals surface area contributed by atoms with Crippen molar-refractivity contribution in [2.75, 3.05) is 0 Å². The third kappa shape index (κ3) is 2.78. The molecule has 184 valence electrons. The maximum Gasteiger partial charge on any atom is 0.169 e. The molecule has 0 aromatic rings. The average molecular weight is 455 g/mol. The van der Waals surface area contributed by atoms with Gasteiger partial charge in [0, 0.05) is 0 Å². The molecule has 0 bridgehead atoms. The second kappa shape index (κ2) is 7.28. The van der Waals surface area contributed by atoms with Crippen LogP contribution in [-0.4, -0.2) is 23.3 Å². The van der Waals surface area contributed by atoms with E-state index in [1.165, 1.54) is 24.8 Å². The van der Waals surface area contributed by atoms with E-state index < -0.39 is 5.92 Å². The fourth-order valence-corrected chi connectivity index (χ4v) is 10.8. The smallest absolute Gasteiger partial charge is 0.169 e. The van der Waals surface area contributed by atoms with Crippen molar-refractivity contribution in [1.82, 2.24) is 0 Å². The number of hydrogen-bond acceptors (Lipinski definition) is 3. The minimum Gasteiger partial charge on any atom is -0.393 e. The Morgan fingerprint density at radius 1 is 0.879 bits per heavy atom. The van der Waals surface area contributed by atoms with Crippen molar-refractivity contribution in [2.45, 2.75) is 106 Å². The van der Waals surface area contributed by atoms with E-state index in [2.05, 4.69) is 48.5 Å². The lowest BCUT2D eigenvalue weighted by Crippen LogP contribution is -2.65. The lowest BCUT2D eigenvalue weighted by molar-refractivity contribution is -0.226. The number of aliphatic hydroxyl groups excluding tert-OH is 1. The van der Waals surface area contributed by atoms with Gasteiger partial charge in [0.1, 0.15) is 6.29 Å². The molecule has 9 atom stereocenters. The van der Waals surface area contributed by atoms with Crippen LogP contribution in [0.5, 0.6) is 0 Å². The number of fused-ring (bicyclic) bond motifs is 7. The molecule has 5 rings (SSSR count). The number of ketones is 1. The topological polar surface area (TPSA) is 54.4 Å². The Hall–Kier alpha value is -0.960. The zero-order chi connectivity index (χ0) is 24.1. The molecule has 1 unspecified atom stereocenters. The van der Waals surface area contributed by atoms with Gasteiger partial charge in [0.15, 0.2) is 5.78 Å². The first-order valence-corrected chi connectivity index (χ1v) is 13.8. The zero-order valence-corrected chi connectivity index (χ0v) is 22.0. The van der Waals surface area contributed by atoms with Gasteiger partial charge < -0.3 is 9.90 Å². The number of hydrogen-bond donors (Lipinski definition) is 1. The van der Waals surface area contributed by atoms with Gasteiger partial charge in [-0.05, 0) is 108 Å². The van der Waals surface area contributed by atoms with Gasteiger partial charge in [-0.3, -0.25) is 4.79 Å². The molecule has 0 radical (unpaired) electrons. The van der Waals surface area contributed by atoms with Crippen molar-refractivity contribution in [3.63, 3.8) is 0 Å². The number of aliphatic hydroxyl groups is 1. The van der Waals surface area contributed by atoms with Crippen molar-refractivity contribution in [2.24, 2.45) is 57.2 Å². The summed E-state index contributed by atoms with van der Waals surface area (Å²) in [6.45, 7) is 16.6. The number of allylic oxidation sites excluding steroid dienone is 2. The Morgan fingerprint density at radius 2 is 1.55 bits per heavy atom. The fraction of sp³-hybridized carbons (Fsp3) is 0.867. The highest BCUT2D eigenvalue weighted by molar-refractivity contribution is 6.09. The van der Waals surface area contributed by atoms with Crippen LogP contribution in [0.4, 0.5) is 0 Å². The monoisotopic (exact) mass is 454 g/mol. The van der Waals surface area contributed by atoms with E-state index >= 15 is 0 Å². The second-order valence-corrected chi connectivity index (χ2v) is 14.2. The van der Waals surface area contributed by atoms with Crippen LogP contribution in [0.25, 0.3) is 0 Å². The summed E-state index contributed by atoms with van der Waals surface area (Å²) >= 11 is 0. The van der Waals surface area contributed by atoms with E-state index in [1.54, 1.807) is 0 Å². The summed E-state index contributed by atoms with van der Waals surface area (Å²) in [6.07, 6.45) is 9.75. The van der Waals surface area contributed by atoms with Gasteiger partial charge in [-0.15, -0.1) is 0 Å². The van der Waals surface area contributed by atoms with Gasteiger partial charge in [0.05, 0.1) is 12.0 Å². The number of carbonyl (C=O) groups excluding carboxylic acids is 2. The molecular formula is C30H46O3. The minimum absolute atomic E-state index is 0.0217. The molecule has 0 aliphatic heterocycles. The van der Waals surface area contributed by atoms with Crippen LogP contribution in [0.1, 0.15) is 99.8 Å². The summed E-state index contributed by atoms with van der Waals surface area (Å²) in [5.41, 5.74) is 3.07. The van der Waals surface area contributed by atoms with Crippen LogP contribution in [0.3, 0.4) is 0 Å². The van der Waals surface area contributed by atoms with Gasteiger partial charge in [-0.2, -0.15) is 0 Å². The second-order valence-electron chi connectivity index (χ2n) is 14.2. The maximum absolute atomic E-state index is 13.3. The normalized spacial score (nSPS) is 51.0. The average Bonchev–Trinajstić information content (AvgIpc) is 3.03. The van der Waals surface area contributed by atoms with E-state index in [0.29, 0.717) is 17.8 Å². The summed E-state index contributed by atoms with van der Waals surface area (Å²) in [5, 5.41) is 10.9. The summed E-state index contributed by atoms with van der Waals surface area (Å²) in [5.74, 6) is 1.72. The number of aldehydes is 1. The third-order valence-electron chi connectivity index (χ3n) is 12.6. The molecule has 0 amide bonds. The van der Waals surface area contributed by atoms with E-state index in [-0.39, 0.29) is 45.4 Å². The maximum atomic E-state index is 13.3. The lowest BCUT2D eigenvalue weighted by Gasteiger charge is -2.71. The van der Waals surface area contributed by atoms with Crippen molar-refractivity contribution in [3.05, 3.63) is 11.1 Å². The third-order valence-corrected chi connectivity index (χ3v) is 12.6. The van der Waals surface area contributed by atoms with E-state index in [4.69, 9.17) is 0 Å². The first-order valence-electron chi connectivity index (χ1n) is 13.8. The molecule has 4 saturated carbocycles. The van der Waals surface area contributed by atoms with Crippen LogP contribution in [0.2, 0.25) is 0 Å². The molecule has 4 fully saturated rings. The molecular weight excluding hydrogens is 408 g/mol. The van der Waals surface area contributed by atoms with Gasteiger partial charge >= 0.3 is 0 Å². The lowest BCUT2D eigenvalue weighted by atomic mass is 9.33. The Balaban J connectivity index is 1.58. The molecule has 0 heterocycles. The largest absolute Gasteiger partial charge is 0.393 e. The van der Waals surface area contributed by atoms with Crippen molar-refractivity contribution in [1.29, 1.82) is 0 Å². The highest BCUT2D eigenvalue weighted by Gasteiger charge is 2.68. The van der Waals surface area contributed by atoms with Gasteiger partial charge in [-0.1, -0.05) is 54.0 Å². The molecule has 0 saturated heterocycles. The van der Waals surface area contributed by atoms with Crippen molar-refractivity contribution >= 4 is 12.1 Å². The molecule has 0 aromatic carbocycles. The number of carbonyl (C=O) groups is 2. The molecule has 5 aliphatic rings. The summed E-state index contributed by atoms with van der Waals surface area (Å²) in [6, 6.07) is 0. The van der Waals surface area contributed by atoms with Gasteiger partial charge in [0.2, 0.25) is 0 Å². The minimum atomic E-state index is -0.429. The highest BCUT2D eigenvalue weighted by Crippen LogP contribution is 2.75. The standard InChI is InChI=1S/C30H46O3/c1-17(2)24-25-18(19(16-31)26(24)33)10-14-29(6)20(25)8-9-22-28(5)13-12-23(32)27(3,4)21(28)11-15-30(22,29)7/h16-23,32H,8-15H2,1-7H3/t18?,19-,20-,21+,22-,23+,28+,29-,30-/m1/s1. The predicted molar refractivity (Wildman–Crippen MR) is 131 cm³/mol. The summed E-state index contributed by atoms with van der Waals surface area (Å²) < 4.78 is 0. The summed E-state index contributed by atoms with van der Waals surface area (Å²) in [7, 11) is 0. The van der Waals surface area contributed by atoms with E-state index in [0.717, 1.165) is 44.0 Å². The van der Waals surface area contributed by atoms with Gasteiger partial charge in [-0.25, -0.2) is 0 Å². The van der Waals surface area contributed by atoms with Crippen LogP contribution in [0.15, 0.2) is 11.1 Å². The Labute approximate surface area is 201 Å². The van der Waals surface area contributed by atoms with Crippen LogP contribution in [0, 0.1) is 57.2 Å². The fourth-order valence-electron chi connectivity index (χ4n) is 10.8. The van der Waals surface area contributed by atoms with Crippen molar-refractivity contribution < 1.29 is 14.7 Å². The number of rotatable bonds is 2. The van der Waals surface area contributed by atoms with Crippen LogP contribution < -0.4 is 0 Å². The van der Waals surface area contributed by atoms with E-state index in [9.17, 15) is 14.7 Å². The first kappa shape index (κ1) is 23.8. The molecule has 0 aromatic heterocycles. The first-order chi connectivity index (χ1) is 15.3. The van der Waals surface area contributed by atoms with E-state index in [1.807, 2.05) is 0 Å². The number of Topliss-reactive ketones (excluding diaryl/α,β-unsaturated/α-hetero) is 1. The Kier molecular flexibility index (Phi) is 5.24. The molecule has 0 spiro atoms. The molecule has 3 nitrogen and oxygen atoms in total. The quantitative estimate of drug-likeness (QED) is 0.389. The Morgan fingerprint density at radius 3 is 2.18 bits per heavy atom. The van der Waals surface area contributed by atoms with Gasteiger partial charge in [0.25, 0.3) is 0 Å². The Bertz CT molecular complexity index is 898. The SMILES string of the molecule is CC(C)C1=C2C(CC[C@]3(C)[C@@H]2CC[C@@H]2[C@@]4(C)CC[C@H](O)C(C)(C)[C@@H]4CC[C@]23C)[C@@H](C=O)C1=O. The van der Waals surface area contributed by atoms with Crippen LogP contribution >= 0.6 is 0 Å². The highest BCUT2D eigenvalue weighted by atomic mass is 16.3. The zero-order valence-electron chi connectivity index (χ0n) is 22.0. The molecule has 5 aliphatic carbocycles. The molecule has 3 heteroatoms. The van der Waals surface area contributed by atoms with Crippen molar-refractivity contribution in [3.8, 4) is 0 Å². The molecule has 1 N–H and O–H groups in total. The summed E-state index contributed by atoms with van der Waals surface area (Å²) in [4.78, 5) is 25.3.